The Kier molecular flexibility index (Phi) is 5.67. The number of hydrogen-bond donors (Lipinski definition) is 1. The highest BCUT2D eigenvalue weighted by Gasteiger charge is 2.32. The van der Waals surface area contributed by atoms with Crippen LogP contribution in [0.25, 0.3) is 0 Å². The molecule has 1 atom stereocenters. The minimum absolute atomic E-state index is 0.144. The Morgan fingerprint density at radius 1 is 1.39 bits per heavy atom. The van der Waals surface area contributed by atoms with E-state index in [1.165, 1.54) is 0 Å². The topological polar surface area (TPSA) is 56.8 Å². The first-order chi connectivity index (χ1) is 8.24. The van der Waals surface area contributed by atoms with E-state index < -0.39 is 11.7 Å². The van der Waals surface area contributed by atoms with Gasteiger partial charge in [0.15, 0.2) is 0 Å². The van der Waals surface area contributed by atoms with Gasteiger partial charge in [0.05, 0.1) is 25.4 Å². The van der Waals surface area contributed by atoms with Crippen LogP contribution in [0.2, 0.25) is 0 Å². The van der Waals surface area contributed by atoms with Crippen molar-refractivity contribution in [3.63, 3.8) is 0 Å². The summed E-state index contributed by atoms with van der Waals surface area (Å²) in [5, 5.41) is 2.75. The van der Waals surface area contributed by atoms with Crippen LogP contribution in [-0.4, -0.2) is 47.6 Å². The monoisotopic (exact) mass is 371 g/mol. The van der Waals surface area contributed by atoms with E-state index in [1.807, 2.05) is 27.7 Å². The van der Waals surface area contributed by atoms with E-state index in [0.717, 1.165) is 4.43 Å². The van der Waals surface area contributed by atoms with Crippen LogP contribution in [0, 0.1) is 0 Å². The van der Waals surface area contributed by atoms with Gasteiger partial charge in [-0.2, -0.15) is 0 Å². The average Bonchev–Trinajstić information content (AvgIpc) is 2.19. The van der Waals surface area contributed by atoms with Gasteiger partial charge in [0.1, 0.15) is 11.7 Å². The zero-order valence-electron chi connectivity index (χ0n) is 11.4. The van der Waals surface area contributed by atoms with Gasteiger partial charge in [-0.1, -0.05) is 22.6 Å². The van der Waals surface area contributed by atoms with Gasteiger partial charge >= 0.3 is 6.09 Å². The molecule has 0 saturated carbocycles. The molecule has 18 heavy (non-hydrogen) atoms. The van der Waals surface area contributed by atoms with Crippen molar-refractivity contribution < 1.29 is 19.0 Å². The summed E-state index contributed by atoms with van der Waals surface area (Å²) in [5.74, 6) is 0. The van der Waals surface area contributed by atoms with Crippen LogP contribution in [0.4, 0.5) is 4.79 Å². The predicted octanol–water partition coefficient (Wildman–Crippen LogP) is 2.12. The van der Waals surface area contributed by atoms with Gasteiger partial charge in [0, 0.05) is 4.43 Å². The lowest BCUT2D eigenvalue weighted by atomic mass is 10.1. The van der Waals surface area contributed by atoms with Crippen LogP contribution in [0.5, 0.6) is 0 Å². The molecule has 0 aromatic rings. The maximum Gasteiger partial charge on any atom is 0.407 e. The molecule has 1 unspecified atom stereocenters. The standard InChI is InChI=1S/C12H22INO4/c1-11(2,3)18-10(15)14-8-12(4,7-13)17-9-5-16-6-9/h9H,5-8H2,1-4H3,(H,14,15). The predicted molar refractivity (Wildman–Crippen MR) is 77.2 cm³/mol. The summed E-state index contributed by atoms with van der Waals surface area (Å²) in [4.78, 5) is 11.6. The number of rotatable bonds is 5. The molecule has 1 aliphatic rings. The number of alkyl halides is 1. The van der Waals surface area contributed by atoms with Crippen LogP contribution in [-0.2, 0) is 14.2 Å². The zero-order valence-corrected chi connectivity index (χ0v) is 13.6. The van der Waals surface area contributed by atoms with E-state index in [0.29, 0.717) is 19.8 Å². The lowest BCUT2D eigenvalue weighted by Gasteiger charge is -2.36. The van der Waals surface area contributed by atoms with E-state index in [4.69, 9.17) is 14.2 Å². The third-order valence-electron chi connectivity index (χ3n) is 2.35. The average molecular weight is 371 g/mol. The van der Waals surface area contributed by atoms with Gasteiger partial charge < -0.3 is 19.5 Å². The second-order valence-corrected chi connectivity index (χ2v) is 6.48. The molecule has 1 heterocycles. The third kappa shape index (κ3) is 5.71. The number of amides is 1. The first kappa shape index (κ1) is 16.0. The number of ether oxygens (including phenoxy) is 3. The Balaban J connectivity index is 2.35. The Hall–Kier alpha value is -0.0800. The van der Waals surface area contributed by atoms with Crippen molar-refractivity contribution in [1.82, 2.24) is 5.32 Å². The Bertz CT molecular complexity index is 288. The van der Waals surface area contributed by atoms with Crippen molar-refractivity contribution in [3.05, 3.63) is 0 Å². The van der Waals surface area contributed by atoms with Crippen molar-refractivity contribution in [2.24, 2.45) is 0 Å². The fourth-order valence-electron chi connectivity index (χ4n) is 1.38. The number of alkyl carbamates (subject to hydrolysis) is 1. The van der Waals surface area contributed by atoms with Gasteiger partial charge in [-0.15, -0.1) is 0 Å². The summed E-state index contributed by atoms with van der Waals surface area (Å²) in [7, 11) is 0. The van der Waals surface area contributed by atoms with Crippen LogP contribution in [0.1, 0.15) is 27.7 Å². The quantitative estimate of drug-likeness (QED) is 0.594. The van der Waals surface area contributed by atoms with Gasteiger partial charge in [-0.25, -0.2) is 4.79 Å². The summed E-state index contributed by atoms with van der Waals surface area (Å²) in [6, 6.07) is 0. The molecule has 1 fully saturated rings. The Morgan fingerprint density at radius 3 is 2.39 bits per heavy atom. The number of nitrogens with one attached hydrogen (secondary N) is 1. The summed E-state index contributed by atoms with van der Waals surface area (Å²) in [6.07, 6.45) is -0.266. The minimum atomic E-state index is -0.479. The van der Waals surface area contributed by atoms with Gasteiger partial charge in [-0.3, -0.25) is 0 Å². The number of carbonyl (C=O) groups is 1. The number of halogens is 1. The van der Waals surface area contributed by atoms with Crippen LogP contribution >= 0.6 is 22.6 Å². The molecule has 106 valence electrons. The van der Waals surface area contributed by atoms with E-state index in [1.54, 1.807) is 0 Å². The van der Waals surface area contributed by atoms with E-state index in [9.17, 15) is 4.79 Å². The molecule has 0 aliphatic carbocycles. The van der Waals surface area contributed by atoms with Crippen molar-refractivity contribution in [2.75, 3.05) is 24.2 Å². The first-order valence-electron chi connectivity index (χ1n) is 6.02. The number of hydrogen-bond acceptors (Lipinski definition) is 4. The molecule has 0 aromatic heterocycles. The first-order valence-corrected chi connectivity index (χ1v) is 7.55. The van der Waals surface area contributed by atoms with Gasteiger partial charge in [0.25, 0.3) is 0 Å². The fraction of sp³-hybridized carbons (Fsp3) is 0.917. The van der Waals surface area contributed by atoms with Crippen molar-refractivity contribution >= 4 is 28.7 Å². The Labute approximate surface area is 122 Å². The largest absolute Gasteiger partial charge is 0.444 e. The highest BCUT2D eigenvalue weighted by Crippen LogP contribution is 2.20. The van der Waals surface area contributed by atoms with Crippen LogP contribution in [0.15, 0.2) is 0 Å². The zero-order chi connectivity index (χ0) is 13.8. The highest BCUT2D eigenvalue weighted by molar-refractivity contribution is 14.1. The highest BCUT2D eigenvalue weighted by atomic mass is 127. The van der Waals surface area contributed by atoms with Crippen molar-refractivity contribution in [2.45, 2.75) is 45.0 Å². The lowest BCUT2D eigenvalue weighted by Crippen LogP contribution is -2.51. The molecular formula is C12H22INO4. The van der Waals surface area contributed by atoms with E-state index >= 15 is 0 Å². The summed E-state index contributed by atoms with van der Waals surface area (Å²) in [6.45, 7) is 9.21. The van der Waals surface area contributed by atoms with Crippen molar-refractivity contribution in [3.8, 4) is 0 Å². The molecule has 1 amide bonds. The molecule has 1 N–H and O–H groups in total. The molecule has 1 rings (SSSR count). The molecule has 0 radical (unpaired) electrons. The molecule has 0 spiro atoms. The fourth-order valence-corrected chi connectivity index (χ4v) is 1.83. The minimum Gasteiger partial charge on any atom is -0.444 e. The van der Waals surface area contributed by atoms with Crippen molar-refractivity contribution in [1.29, 1.82) is 0 Å². The smallest absolute Gasteiger partial charge is 0.407 e. The molecule has 1 aliphatic heterocycles. The molecular weight excluding hydrogens is 349 g/mol. The maximum atomic E-state index is 11.6. The third-order valence-corrected chi connectivity index (χ3v) is 3.96. The number of carbonyl (C=O) groups excluding carboxylic acids is 1. The molecule has 5 nitrogen and oxygen atoms in total. The molecule has 1 saturated heterocycles. The maximum absolute atomic E-state index is 11.6. The van der Waals surface area contributed by atoms with E-state index in [-0.39, 0.29) is 11.7 Å². The molecule has 0 bridgehead atoms. The lowest BCUT2D eigenvalue weighted by molar-refractivity contribution is -0.178. The SMILES string of the molecule is CC(C)(C)OC(=O)NCC(C)(CI)OC1COC1. The summed E-state index contributed by atoms with van der Waals surface area (Å²) >= 11 is 2.26. The summed E-state index contributed by atoms with van der Waals surface area (Å²) in [5.41, 5.74) is -0.862. The Morgan fingerprint density at radius 2 is 2.00 bits per heavy atom. The molecule has 6 heteroatoms. The second-order valence-electron chi connectivity index (χ2n) is 5.72. The molecule has 0 aromatic carbocycles. The van der Waals surface area contributed by atoms with Crippen LogP contribution < -0.4 is 5.32 Å². The summed E-state index contributed by atoms with van der Waals surface area (Å²) < 4.78 is 17.0. The van der Waals surface area contributed by atoms with Crippen LogP contribution in [0.3, 0.4) is 0 Å². The normalized spacial score (nSPS) is 19.8. The van der Waals surface area contributed by atoms with Gasteiger partial charge in [0.2, 0.25) is 0 Å². The van der Waals surface area contributed by atoms with Gasteiger partial charge in [-0.05, 0) is 27.7 Å². The second kappa shape index (κ2) is 6.38. The van der Waals surface area contributed by atoms with E-state index in [2.05, 4.69) is 27.9 Å².